The molecule has 0 saturated heterocycles. The molecular formula is C23H34F12O5Si. The van der Waals surface area contributed by atoms with Crippen molar-refractivity contribution in [3.63, 3.8) is 0 Å². The minimum atomic E-state index is -7.63. The van der Waals surface area contributed by atoms with Gasteiger partial charge in [0.15, 0.2) is 0 Å². The van der Waals surface area contributed by atoms with Crippen LogP contribution in [-0.2, 0) is 22.8 Å². The lowest BCUT2D eigenvalue weighted by atomic mass is 9.88. The average Bonchev–Trinajstić information content (AvgIpc) is 2.88. The van der Waals surface area contributed by atoms with Gasteiger partial charge in [0.25, 0.3) is 0 Å². The van der Waals surface area contributed by atoms with Gasteiger partial charge in [-0.1, -0.05) is 39.2 Å². The molecule has 0 fully saturated rings. The van der Waals surface area contributed by atoms with Crippen LogP contribution in [0.5, 0.6) is 0 Å². The monoisotopic (exact) mass is 646 g/mol. The van der Waals surface area contributed by atoms with E-state index in [4.69, 9.17) is 13.3 Å². The first-order valence-corrected chi connectivity index (χ1v) is 14.2. The van der Waals surface area contributed by atoms with E-state index in [1.54, 1.807) is 6.92 Å². The maximum absolute atomic E-state index is 14.1. The number of rotatable bonds is 21. The number of carbonyl (C=O) groups is 1. The highest BCUT2D eigenvalue weighted by atomic mass is 28.4. The fourth-order valence-electron chi connectivity index (χ4n) is 3.48. The van der Waals surface area contributed by atoms with Crippen LogP contribution in [0.4, 0.5) is 52.7 Å². The molecule has 5 nitrogen and oxygen atoms in total. The Balaban J connectivity index is 5.52. The summed E-state index contributed by atoms with van der Waals surface area (Å²) >= 11 is 0. The molecule has 0 aliphatic carbocycles. The smallest absolute Gasteiger partial charge is 0.462 e. The van der Waals surface area contributed by atoms with E-state index in [9.17, 15) is 57.5 Å². The van der Waals surface area contributed by atoms with Gasteiger partial charge in [-0.05, 0) is 12.8 Å². The normalized spacial score (nSPS) is 14.3. The summed E-state index contributed by atoms with van der Waals surface area (Å²) in [5.74, 6) is -42.9. The Bertz CT molecular complexity index is 843. The number of hydrogen-bond acceptors (Lipinski definition) is 5. The van der Waals surface area contributed by atoms with Crippen LogP contribution in [-0.4, -0.2) is 78.2 Å². The third-order valence-corrected chi connectivity index (χ3v) is 8.94. The van der Waals surface area contributed by atoms with Crippen LogP contribution >= 0.6 is 0 Å². The topological polar surface area (TPSA) is 54.0 Å². The van der Waals surface area contributed by atoms with Crippen LogP contribution in [0.15, 0.2) is 12.2 Å². The van der Waals surface area contributed by atoms with Gasteiger partial charge >= 0.3 is 50.3 Å². The van der Waals surface area contributed by atoms with Crippen LogP contribution in [0.3, 0.4) is 0 Å². The zero-order valence-electron chi connectivity index (χ0n) is 22.9. The van der Waals surface area contributed by atoms with Crippen LogP contribution < -0.4 is 0 Å². The quantitative estimate of drug-likeness (QED) is 0.0417. The number of carbonyl (C=O) groups excluding carboxylic acids is 1. The van der Waals surface area contributed by atoms with Gasteiger partial charge in [0, 0.05) is 45.8 Å². The SMILES string of the molecule is C=C(C[Si](OC)(OC)OC)C(=O)OCCCC(F)(F)C(F)(F)C(F)(F)C(F)(F)C(F)(F)C(F)(F)CCCCCCC. The molecule has 0 aliphatic heterocycles. The molecule has 0 rings (SSSR count). The van der Waals surface area contributed by atoms with E-state index in [0.29, 0.717) is 12.8 Å². The van der Waals surface area contributed by atoms with Crippen LogP contribution in [0.1, 0.15) is 58.3 Å². The number of hydrogen-bond donors (Lipinski definition) is 0. The van der Waals surface area contributed by atoms with E-state index in [0.717, 1.165) is 0 Å². The highest BCUT2D eigenvalue weighted by molar-refractivity contribution is 6.61. The predicted octanol–water partition coefficient (Wildman–Crippen LogP) is 7.92. The number of halogens is 12. The third-order valence-electron chi connectivity index (χ3n) is 6.22. The lowest BCUT2D eigenvalue weighted by Gasteiger charge is -2.41. The van der Waals surface area contributed by atoms with Gasteiger partial charge in [-0.2, -0.15) is 52.7 Å². The Morgan fingerprint density at radius 3 is 1.41 bits per heavy atom. The van der Waals surface area contributed by atoms with Crippen molar-refractivity contribution < 1.29 is 75.5 Å². The van der Waals surface area contributed by atoms with Crippen LogP contribution in [0.25, 0.3) is 0 Å². The van der Waals surface area contributed by atoms with Crippen LogP contribution in [0, 0.1) is 0 Å². The average molecular weight is 647 g/mol. The number of ether oxygens (including phenoxy) is 1. The molecule has 0 aromatic rings. The minimum Gasteiger partial charge on any atom is -0.462 e. The highest BCUT2D eigenvalue weighted by Crippen LogP contribution is 2.61. The molecule has 18 heteroatoms. The molecule has 41 heavy (non-hydrogen) atoms. The van der Waals surface area contributed by atoms with Crippen molar-refractivity contribution in [2.45, 2.75) is 99.9 Å². The Labute approximate surface area is 230 Å². The Hall–Kier alpha value is -1.53. The highest BCUT2D eigenvalue weighted by Gasteiger charge is 2.89. The maximum Gasteiger partial charge on any atom is 0.504 e. The molecule has 0 N–H and O–H groups in total. The Morgan fingerprint density at radius 2 is 1.02 bits per heavy atom. The summed E-state index contributed by atoms with van der Waals surface area (Å²) in [5, 5.41) is 0. The van der Waals surface area contributed by atoms with Gasteiger partial charge < -0.3 is 18.0 Å². The fraction of sp³-hybridized carbons (Fsp3) is 0.870. The fourth-order valence-corrected chi connectivity index (χ4v) is 5.08. The van der Waals surface area contributed by atoms with Crippen molar-refractivity contribution in [1.29, 1.82) is 0 Å². The summed E-state index contributed by atoms with van der Waals surface area (Å²) in [6.07, 6.45) is -5.56. The van der Waals surface area contributed by atoms with Crippen molar-refractivity contribution in [3.8, 4) is 0 Å². The number of unbranched alkanes of at least 4 members (excludes halogenated alkanes) is 4. The van der Waals surface area contributed by atoms with E-state index >= 15 is 0 Å². The molecule has 0 amide bonds. The molecule has 0 heterocycles. The van der Waals surface area contributed by atoms with Crippen molar-refractivity contribution in [2.24, 2.45) is 0 Å². The van der Waals surface area contributed by atoms with Gasteiger partial charge in [0.05, 0.1) is 6.61 Å². The van der Waals surface area contributed by atoms with Crippen LogP contribution in [0.2, 0.25) is 6.04 Å². The van der Waals surface area contributed by atoms with Crippen molar-refractivity contribution in [3.05, 3.63) is 12.2 Å². The second-order valence-electron chi connectivity index (χ2n) is 9.19. The van der Waals surface area contributed by atoms with Gasteiger partial charge in [0.2, 0.25) is 0 Å². The largest absolute Gasteiger partial charge is 0.504 e. The molecule has 244 valence electrons. The minimum absolute atomic E-state index is 0.179. The molecule has 0 bridgehead atoms. The molecular weight excluding hydrogens is 612 g/mol. The van der Waals surface area contributed by atoms with Gasteiger partial charge in [0.1, 0.15) is 0 Å². The number of esters is 1. The van der Waals surface area contributed by atoms with Gasteiger partial charge in [-0.25, -0.2) is 4.79 Å². The predicted molar refractivity (Wildman–Crippen MR) is 124 cm³/mol. The second kappa shape index (κ2) is 14.8. The van der Waals surface area contributed by atoms with E-state index in [1.165, 1.54) is 21.3 Å². The lowest BCUT2D eigenvalue weighted by molar-refractivity contribution is -0.425. The summed E-state index contributed by atoms with van der Waals surface area (Å²) < 4.78 is 188. The summed E-state index contributed by atoms with van der Waals surface area (Å²) in [6.45, 7) is 3.87. The number of alkyl halides is 12. The van der Waals surface area contributed by atoms with Crippen molar-refractivity contribution in [1.82, 2.24) is 0 Å². The Kier molecular flexibility index (Phi) is 14.2. The summed E-state index contributed by atoms with van der Waals surface area (Å²) in [6, 6.07) is -0.373. The molecule has 0 aromatic heterocycles. The Morgan fingerprint density at radius 1 is 0.634 bits per heavy atom. The van der Waals surface area contributed by atoms with Gasteiger partial charge in [-0.15, -0.1) is 0 Å². The van der Waals surface area contributed by atoms with E-state index in [-0.39, 0.29) is 24.5 Å². The third kappa shape index (κ3) is 8.52. The maximum atomic E-state index is 14.1. The summed E-state index contributed by atoms with van der Waals surface area (Å²) in [7, 11) is 0.0995. The first-order valence-electron chi connectivity index (χ1n) is 12.3. The standard InChI is InChI=1S/C23H34F12O5Si/c1-6-7-8-9-10-12-18(24,25)20(28,29)22(32,33)23(34,35)21(30,31)19(26,27)13-11-14-40-17(36)16(2)15-41(37-3,38-4)39-5/h2,6-15H2,1,3-5H3. The van der Waals surface area contributed by atoms with Crippen molar-refractivity contribution in [2.75, 3.05) is 27.9 Å². The molecule has 0 spiro atoms. The van der Waals surface area contributed by atoms with Crippen molar-refractivity contribution >= 4 is 14.8 Å². The first kappa shape index (κ1) is 39.5. The molecule has 0 aromatic carbocycles. The van der Waals surface area contributed by atoms with Gasteiger partial charge in [-0.3, -0.25) is 0 Å². The first-order chi connectivity index (χ1) is 18.5. The van der Waals surface area contributed by atoms with E-state index in [1.807, 2.05) is 0 Å². The summed E-state index contributed by atoms with van der Waals surface area (Å²) in [5.41, 5.74) is -0.390. The zero-order valence-corrected chi connectivity index (χ0v) is 23.9. The molecule has 0 aliphatic rings. The van der Waals surface area contributed by atoms with E-state index < -0.39 is 82.6 Å². The lowest BCUT2D eigenvalue weighted by Crippen LogP contribution is -2.70. The summed E-state index contributed by atoms with van der Waals surface area (Å²) in [4.78, 5) is 11.9. The van der Waals surface area contributed by atoms with E-state index in [2.05, 4.69) is 11.3 Å². The molecule has 0 unspecified atom stereocenters. The zero-order chi connectivity index (χ0) is 32.6. The molecule has 0 radical (unpaired) electrons. The molecule has 0 atom stereocenters. The second-order valence-corrected chi connectivity index (χ2v) is 12.1. The molecule has 0 saturated carbocycles.